The predicted molar refractivity (Wildman–Crippen MR) is 73.1 cm³/mol. The molecule has 0 saturated carbocycles. The molecule has 0 heterocycles. The second-order valence-electron chi connectivity index (χ2n) is 4.46. The van der Waals surface area contributed by atoms with E-state index >= 15 is 0 Å². The number of hydrogen-bond acceptors (Lipinski definition) is 3. The van der Waals surface area contributed by atoms with E-state index in [1.807, 2.05) is 0 Å². The number of urea groups is 1. The number of nitrogens with two attached hydrogens (primary N) is 1. The molecule has 0 spiro atoms. The van der Waals surface area contributed by atoms with Crippen LogP contribution in [-0.4, -0.2) is 29.1 Å². The number of aryl methyl sites for hydroxylation is 1. The van der Waals surface area contributed by atoms with Crippen LogP contribution in [-0.2, 0) is 9.59 Å². The second-order valence-corrected chi connectivity index (χ2v) is 4.46. The first kappa shape index (κ1) is 16.4. The molecule has 1 atom stereocenters. The Morgan fingerprint density at radius 2 is 2.05 bits per heavy atom. The Morgan fingerprint density at radius 3 is 2.57 bits per heavy atom. The van der Waals surface area contributed by atoms with Crippen LogP contribution in [0.25, 0.3) is 0 Å². The number of aliphatic carboxylic acids is 1. The maximum atomic E-state index is 13.1. The van der Waals surface area contributed by atoms with Gasteiger partial charge in [0.2, 0.25) is 5.91 Å². The standard InChI is InChI=1S/C13H16FN3O4/c1-7-6-8(2-3-9(7)14)16-13(21)17-10(12(19)20)4-5-11(15)18/h2-3,6,10H,4-5H2,1H3,(H2,15,18)(H,19,20)(H2,16,17,21). The minimum absolute atomic E-state index is 0.111. The SMILES string of the molecule is Cc1cc(NC(=O)NC(CCC(N)=O)C(=O)O)ccc1F. The lowest BCUT2D eigenvalue weighted by Gasteiger charge is -2.14. The van der Waals surface area contributed by atoms with Crippen LogP contribution in [0.5, 0.6) is 0 Å². The van der Waals surface area contributed by atoms with Gasteiger partial charge in [0.1, 0.15) is 11.9 Å². The molecule has 0 radical (unpaired) electrons. The molecule has 8 heteroatoms. The van der Waals surface area contributed by atoms with Crippen molar-refractivity contribution in [2.24, 2.45) is 5.73 Å². The van der Waals surface area contributed by atoms with E-state index in [2.05, 4.69) is 10.6 Å². The number of anilines is 1. The molecule has 0 saturated heterocycles. The van der Waals surface area contributed by atoms with Gasteiger partial charge < -0.3 is 21.5 Å². The van der Waals surface area contributed by atoms with Crippen molar-refractivity contribution in [1.82, 2.24) is 5.32 Å². The fourth-order valence-corrected chi connectivity index (χ4v) is 1.59. The largest absolute Gasteiger partial charge is 0.480 e. The lowest BCUT2D eigenvalue weighted by Crippen LogP contribution is -2.43. The minimum Gasteiger partial charge on any atom is -0.480 e. The third-order valence-corrected chi connectivity index (χ3v) is 2.70. The van der Waals surface area contributed by atoms with Crippen molar-refractivity contribution in [3.63, 3.8) is 0 Å². The highest BCUT2D eigenvalue weighted by Gasteiger charge is 2.20. The Labute approximate surface area is 120 Å². The van der Waals surface area contributed by atoms with Crippen molar-refractivity contribution in [3.8, 4) is 0 Å². The molecule has 0 bridgehead atoms. The first-order valence-electron chi connectivity index (χ1n) is 6.14. The molecule has 1 unspecified atom stereocenters. The van der Waals surface area contributed by atoms with E-state index in [0.717, 1.165) is 0 Å². The highest BCUT2D eigenvalue weighted by Crippen LogP contribution is 2.13. The summed E-state index contributed by atoms with van der Waals surface area (Å²) in [5, 5.41) is 13.5. The molecule has 21 heavy (non-hydrogen) atoms. The van der Waals surface area contributed by atoms with E-state index in [9.17, 15) is 18.8 Å². The zero-order valence-electron chi connectivity index (χ0n) is 11.4. The summed E-state index contributed by atoms with van der Waals surface area (Å²) in [5.41, 5.74) is 5.60. The lowest BCUT2D eigenvalue weighted by molar-refractivity contribution is -0.139. The summed E-state index contributed by atoms with van der Waals surface area (Å²) in [4.78, 5) is 33.3. The molecule has 114 valence electrons. The van der Waals surface area contributed by atoms with Crippen LogP contribution >= 0.6 is 0 Å². The zero-order valence-corrected chi connectivity index (χ0v) is 11.4. The summed E-state index contributed by atoms with van der Waals surface area (Å²) < 4.78 is 13.1. The van der Waals surface area contributed by atoms with E-state index in [4.69, 9.17) is 10.8 Å². The summed E-state index contributed by atoms with van der Waals surface area (Å²) in [7, 11) is 0. The smallest absolute Gasteiger partial charge is 0.326 e. The Balaban J connectivity index is 2.62. The first-order chi connectivity index (χ1) is 9.79. The van der Waals surface area contributed by atoms with Crippen LogP contribution in [0, 0.1) is 12.7 Å². The van der Waals surface area contributed by atoms with Crippen LogP contribution in [0.15, 0.2) is 18.2 Å². The fourth-order valence-electron chi connectivity index (χ4n) is 1.59. The molecule has 3 amide bonds. The number of carbonyl (C=O) groups excluding carboxylic acids is 2. The third kappa shape index (κ3) is 5.47. The Kier molecular flexibility index (Phi) is 5.65. The number of carboxylic acids is 1. The van der Waals surface area contributed by atoms with Crippen molar-refractivity contribution in [1.29, 1.82) is 0 Å². The van der Waals surface area contributed by atoms with Crippen LogP contribution in [0.4, 0.5) is 14.9 Å². The van der Waals surface area contributed by atoms with Gasteiger partial charge in [0, 0.05) is 12.1 Å². The summed E-state index contributed by atoms with van der Waals surface area (Å²) in [5.74, 6) is -2.34. The topological polar surface area (TPSA) is 122 Å². The monoisotopic (exact) mass is 297 g/mol. The van der Waals surface area contributed by atoms with Crippen LogP contribution in [0.1, 0.15) is 18.4 Å². The van der Waals surface area contributed by atoms with Gasteiger partial charge in [-0.15, -0.1) is 0 Å². The molecule has 7 nitrogen and oxygen atoms in total. The summed E-state index contributed by atoms with van der Waals surface area (Å²) >= 11 is 0. The predicted octanol–water partition coefficient (Wildman–Crippen LogP) is 0.974. The van der Waals surface area contributed by atoms with Gasteiger partial charge in [-0.05, 0) is 37.1 Å². The van der Waals surface area contributed by atoms with E-state index in [-0.39, 0.29) is 12.8 Å². The number of benzene rings is 1. The van der Waals surface area contributed by atoms with Gasteiger partial charge in [-0.1, -0.05) is 0 Å². The van der Waals surface area contributed by atoms with E-state index in [1.165, 1.54) is 25.1 Å². The minimum atomic E-state index is -1.28. The molecule has 0 fully saturated rings. The van der Waals surface area contributed by atoms with Crippen LogP contribution in [0.2, 0.25) is 0 Å². The quantitative estimate of drug-likeness (QED) is 0.625. The maximum absolute atomic E-state index is 13.1. The molecule has 0 aliphatic rings. The number of nitrogens with one attached hydrogen (secondary N) is 2. The van der Waals surface area contributed by atoms with Gasteiger partial charge in [-0.3, -0.25) is 4.79 Å². The van der Waals surface area contributed by atoms with Crippen molar-refractivity contribution < 1.29 is 23.9 Å². The summed E-state index contributed by atoms with van der Waals surface area (Å²) in [6, 6.07) is 1.94. The molecule has 5 N–H and O–H groups in total. The third-order valence-electron chi connectivity index (χ3n) is 2.70. The van der Waals surface area contributed by atoms with Gasteiger partial charge in [0.25, 0.3) is 0 Å². The summed E-state index contributed by atoms with van der Waals surface area (Å²) in [6.07, 6.45) is -0.270. The van der Waals surface area contributed by atoms with Crippen molar-refractivity contribution in [3.05, 3.63) is 29.6 Å². The highest BCUT2D eigenvalue weighted by molar-refractivity contribution is 5.92. The fraction of sp³-hybridized carbons (Fsp3) is 0.308. The number of amides is 3. The van der Waals surface area contributed by atoms with Gasteiger partial charge in [0.05, 0.1) is 0 Å². The number of carboxylic acid groups (broad SMARTS) is 1. The molecule has 1 rings (SSSR count). The molecule has 1 aromatic rings. The average molecular weight is 297 g/mol. The molecule has 0 aliphatic carbocycles. The molecular formula is C13H16FN3O4. The van der Waals surface area contributed by atoms with Gasteiger partial charge in [0.15, 0.2) is 0 Å². The highest BCUT2D eigenvalue weighted by atomic mass is 19.1. The number of carbonyl (C=O) groups is 3. The Morgan fingerprint density at radius 1 is 1.38 bits per heavy atom. The maximum Gasteiger partial charge on any atom is 0.326 e. The second kappa shape index (κ2) is 7.22. The van der Waals surface area contributed by atoms with Crippen molar-refractivity contribution >= 4 is 23.6 Å². The first-order valence-corrected chi connectivity index (χ1v) is 6.14. The van der Waals surface area contributed by atoms with Gasteiger partial charge in [-0.2, -0.15) is 0 Å². The van der Waals surface area contributed by atoms with Crippen molar-refractivity contribution in [2.75, 3.05) is 5.32 Å². The number of hydrogen-bond donors (Lipinski definition) is 4. The number of primary amides is 1. The van der Waals surface area contributed by atoms with E-state index in [0.29, 0.717) is 11.3 Å². The van der Waals surface area contributed by atoms with Crippen LogP contribution < -0.4 is 16.4 Å². The molecule has 1 aromatic carbocycles. The van der Waals surface area contributed by atoms with Gasteiger partial charge in [-0.25, -0.2) is 14.0 Å². The normalized spacial score (nSPS) is 11.5. The molecular weight excluding hydrogens is 281 g/mol. The molecule has 0 aromatic heterocycles. The van der Waals surface area contributed by atoms with E-state index < -0.39 is 29.8 Å². The lowest BCUT2D eigenvalue weighted by atomic mass is 10.1. The van der Waals surface area contributed by atoms with E-state index in [1.54, 1.807) is 0 Å². The number of halogens is 1. The summed E-state index contributed by atoms with van der Waals surface area (Å²) in [6.45, 7) is 1.53. The average Bonchev–Trinajstić information content (AvgIpc) is 2.38. The molecule has 0 aliphatic heterocycles. The van der Waals surface area contributed by atoms with Crippen molar-refractivity contribution in [2.45, 2.75) is 25.8 Å². The number of rotatable bonds is 6. The Bertz CT molecular complexity index is 562. The zero-order chi connectivity index (χ0) is 16.0. The Hall–Kier alpha value is -2.64. The van der Waals surface area contributed by atoms with Gasteiger partial charge >= 0.3 is 12.0 Å². The van der Waals surface area contributed by atoms with Crippen LogP contribution in [0.3, 0.4) is 0 Å².